The number of carboxylic acid groups (broad SMARTS) is 1. The van der Waals surface area contributed by atoms with Gasteiger partial charge in [0, 0.05) is 12.3 Å². The Hall–Kier alpha value is -1.39. The summed E-state index contributed by atoms with van der Waals surface area (Å²) in [6.07, 6.45) is 6.02. The fourth-order valence-corrected chi connectivity index (χ4v) is 3.57. The Morgan fingerprint density at radius 2 is 2.05 bits per heavy atom. The van der Waals surface area contributed by atoms with Crippen LogP contribution in [0.2, 0.25) is 0 Å². The molecule has 110 valence electrons. The van der Waals surface area contributed by atoms with Crippen molar-refractivity contribution in [3.63, 3.8) is 0 Å². The van der Waals surface area contributed by atoms with E-state index < -0.39 is 5.97 Å². The van der Waals surface area contributed by atoms with Crippen LogP contribution in [0.4, 0.5) is 0 Å². The lowest BCUT2D eigenvalue weighted by atomic mass is 9.79. The second-order valence-corrected chi connectivity index (χ2v) is 7.25. The van der Waals surface area contributed by atoms with Gasteiger partial charge in [0.25, 0.3) is 0 Å². The Kier molecular flexibility index (Phi) is 3.10. The van der Waals surface area contributed by atoms with E-state index in [0.29, 0.717) is 18.2 Å². The van der Waals surface area contributed by atoms with Gasteiger partial charge in [0.05, 0.1) is 6.42 Å². The number of carboxylic acids is 1. The third-order valence-electron chi connectivity index (χ3n) is 5.03. The van der Waals surface area contributed by atoms with Gasteiger partial charge in [0.1, 0.15) is 0 Å². The van der Waals surface area contributed by atoms with Crippen LogP contribution in [-0.4, -0.2) is 21.2 Å². The van der Waals surface area contributed by atoms with Gasteiger partial charge in [-0.3, -0.25) is 4.79 Å². The standard InChI is InChI=1S/C15H22N2O3/c1-14(2)7-10(14)13-16-11(20-17-13)8-15(9-12(18)19)5-3-4-6-15/h10H,3-9H2,1-2H3,(H,18,19). The average molecular weight is 278 g/mol. The van der Waals surface area contributed by atoms with Gasteiger partial charge >= 0.3 is 5.97 Å². The van der Waals surface area contributed by atoms with E-state index >= 15 is 0 Å². The molecule has 0 spiro atoms. The zero-order chi connectivity index (χ0) is 14.4. The first kappa shape index (κ1) is 13.6. The molecule has 5 heteroatoms. The zero-order valence-electron chi connectivity index (χ0n) is 12.2. The Labute approximate surface area is 118 Å². The van der Waals surface area contributed by atoms with E-state index in [-0.39, 0.29) is 17.3 Å². The predicted octanol–water partition coefficient (Wildman–Crippen LogP) is 3.16. The maximum atomic E-state index is 11.1. The number of nitrogens with zero attached hydrogens (tertiary/aromatic N) is 2. The van der Waals surface area contributed by atoms with E-state index in [1.54, 1.807) is 0 Å². The van der Waals surface area contributed by atoms with Crippen LogP contribution in [0.25, 0.3) is 0 Å². The highest BCUT2D eigenvalue weighted by molar-refractivity contribution is 5.67. The molecule has 0 amide bonds. The quantitative estimate of drug-likeness (QED) is 0.895. The average Bonchev–Trinajstić information content (AvgIpc) is 2.74. The van der Waals surface area contributed by atoms with Gasteiger partial charge in [-0.1, -0.05) is 31.8 Å². The predicted molar refractivity (Wildman–Crippen MR) is 72.3 cm³/mol. The molecule has 1 aromatic heterocycles. The van der Waals surface area contributed by atoms with Gasteiger partial charge in [-0.25, -0.2) is 0 Å². The molecule has 0 saturated heterocycles. The molecule has 2 saturated carbocycles. The number of hydrogen-bond acceptors (Lipinski definition) is 4. The minimum absolute atomic E-state index is 0.172. The Bertz CT molecular complexity index is 515. The Morgan fingerprint density at radius 1 is 1.40 bits per heavy atom. The SMILES string of the molecule is CC1(C)CC1c1noc(CC2(CC(=O)O)CCCC2)n1. The molecule has 1 heterocycles. The first-order valence-electron chi connectivity index (χ1n) is 7.45. The van der Waals surface area contributed by atoms with Crippen molar-refractivity contribution in [2.75, 3.05) is 0 Å². The van der Waals surface area contributed by atoms with Crippen molar-refractivity contribution < 1.29 is 14.4 Å². The van der Waals surface area contributed by atoms with Crippen molar-refractivity contribution in [1.82, 2.24) is 10.1 Å². The van der Waals surface area contributed by atoms with E-state index in [1.807, 2.05) is 0 Å². The molecule has 0 radical (unpaired) electrons. The van der Waals surface area contributed by atoms with Crippen LogP contribution < -0.4 is 0 Å². The molecule has 1 atom stereocenters. The van der Waals surface area contributed by atoms with Crippen molar-refractivity contribution in [1.29, 1.82) is 0 Å². The first-order chi connectivity index (χ1) is 9.40. The maximum absolute atomic E-state index is 11.1. The highest BCUT2D eigenvalue weighted by Gasteiger charge is 2.49. The lowest BCUT2D eigenvalue weighted by Gasteiger charge is -2.24. The van der Waals surface area contributed by atoms with Crippen LogP contribution in [0, 0.1) is 10.8 Å². The normalized spacial score (nSPS) is 26.6. The van der Waals surface area contributed by atoms with Gasteiger partial charge < -0.3 is 9.63 Å². The fraction of sp³-hybridized carbons (Fsp3) is 0.800. The summed E-state index contributed by atoms with van der Waals surface area (Å²) < 4.78 is 5.37. The molecule has 0 bridgehead atoms. The van der Waals surface area contributed by atoms with E-state index in [1.165, 1.54) is 0 Å². The third-order valence-corrected chi connectivity index (χ3v) is 5.03. The molecule has 20 heavy (non-hydrogen) atoms. The lowest BCUT2D eigenvalue weighted by molar-refractivity contribution is -0.139. The molecular weight excluding hydrogens is 256 g/mol. The van der Waals surface area contributed by atoms with Crippen molar-refractivity contribution in [3.05, 3.63) is 11.7 Å². The topological polar surface area (TPSA) is 76.2 Å². The van der Waals surface area contributed by atoms with Crippen LogP contribution in [0.1, 0.15) is 70.0 Å². The smallest absolute Gasteiger partial charge is 0.303 e. The highest BCUT2D eigenvalue weighted by atomic mass is 16.5. The van der Waals surface area contributed by atoms with Crippen LogP contribution in [0.3, 0.4) is 0 Å². The molecule has 0 aromatic carbocycles. The summed E-state index contributed by atoms with van der Waals surface area (Å²) >= 11 is 0. The number of hydrogen-bond donors (Lipinski definition) is 1. The van der Waals surface area contributed by atoms with Gasteiger partial charge in [0.15, 0.2) is 5.82 Å². The lowest BCUT2D eigenvalue weighted by Crippen LogP contribution is -2.24. The van der Waals surface area contributed by atoms with E-state index in [2.05, 4.69) is 24.0 Å². The van der Waals surface area contributed by atoms with E-state index in [9.17, 15) is 4.79 Å². The van der Waals surface area contributed by atoms with Crippen LogP contribution in [0.5, 0.6) is 0 Å². The molecule has 5 nitrogen and oxygen atoms in total. The maximum Gasteiger partial charge on any atom is 0.303 e. The number of carbonyl (C=O) groups is 1. The largest absolute Gasteiger partial charge is 0.481 e. The van der Waals surface area contributed by atoms with Crippen molar-refractivity contribution in [2.24, 2.45) is 10.8 Å². The summed E-state index contributed by atoms with van der Waals surface area (Å²) in [5, 5.41) is 13.2. The van der Waals surface area contributed by atoms with Crippen LogP contribution in [0.15, 0.2) is 4.52 Å². The molecule has 0 aliphatic heterocycles. The fourth-order valence-electron chi connectivity index (χ4n) is 3.57. The molecule has 1 N–H and O–H groups in total. The molecule has 2 aliphatic carbocycles. The van der Waals surface area contributed by atoms with Crippen molar-refractivity contribution in [3.8, 4) is 0 Å². The molecule has 2 aliphatic rings. The van der Waals surface area contributed by atoms with Gasteiger partial charge in [-0.2, -0.15) is 4.98 Å². The minimum Gasteiger partial charge on any atom is -0.481 e. The number of rotatable bonds is 5. The van der Waals surface area contributed by atoms with Crippen molar-refractivity contribution in [2.45, 2.75) is 64.7 Å². The van der Waals surface area contributed by atoms with Crippen molar-refractivity contribution >= 4 is 5.97 Å². The summed E-state index contributed by atoms with van der Waals surface area (Å²) in [7, 11) is 0. The summed E-state index contributed by atoms with van der Waals surface area (Å²) in [6.45, 7) is 4.41. The molecular formula is C15H22N2O3. The Morgan fingerprint density at radius 3 is 2.60 bits per heavy atom. The summed E-state index contributed by atoms with van der Waals surface area (Å²) in [4.78, 5) is 15.6. The zero-order valence-corrected chi connectivity index (χ0v) is 12.2. The van der Waals surface area contributed by atoms with Crippen LogP contribution in [-0.2, 0) is 11.2 Å². The summed E-state index contributed by atoms with van der Waals surface area (Å²) in [5.74, 6) is 1.09. The number of aromatic nitrogens is 2. The first-order valence-corrected chi connectivity index (χ1v) is 7.45. The van der Waals surface area contributed by atoms with E-state index in [4.69, 9.17) is 9.63 Å². The van der Waals surface area contributed by atoms with Gasteiger partial charge in [-0.15, -0.1) is 0 Å². The van der Waals surface area contributed by atoms with Gasteiger partial charge in [-0.05, 0) is 30.1 Å². The second-order valence-electron chi connectivity index (χ2n) is 7.25. The Balaban J connectivity index is 1.71. The van der Waals surface area contributed by atoms with Gasteiger partial charge in [0.2, 0.25) is 5.89 Å². The van der Waals surface area contributed by atoms with Crippen LogP contribution >= 0.6 is 0 Å². The summed E-state index contributed by atoms with van der Waals surface area (Å²) in [6, 6.07) is 0. The minimum atomic E-state index is -0.727. The molecule has 3 rings (SSSR count). The summed E-state index contributed by atoms with van der Waals surface area (Å²) in [5.41, 5.74) is 0.113. The molecule has 1 aromatic rings. The second kappa shape index (κ2) is 4.57. The van der Waals surface area contributed by atoms with E-state index in [0.717, 1.165) is 37.9 Å². The molecule has 1 unspecified atom stereocenters. The third kappa shape index (κ3) is 2.58. The highest BCUT2D eigenvalue weighted by Crippen LogP contribution is 2.57. The molecule has 2 fully saturated rings. The number of aliphatic carboxylic acids is 1. The monoisotopic (exact) mass is 278 g/mol.